The lowest BCUT2D eigenvalue weighted by molar-refractivity contribution is 0.0941. The Hall–Kier alpha value is -4.66. The molecule has 4 aromatic heterocycles. The molecule has 1 amide bonds. The van der Waals surface area contributed by atoms with Crippen LogP contribution in [0.1, 0.15) is 34.6 Å². The van der Waals surface area contributed by atoms with Crippen molar-refractivity contribution in [2.45, 2.75) is 19.5 Å². The van der Waals surface area contributed by atoms with Gasteiger partial charge in [-0.2, -0.15) is 5.10 Å². The fourth-order valence-corrected chi connectivity index (χ4v) is 4.10. The average Bonchev–Trinajstić information content (AvgIpc) is 3.65. The molecule has 1 unspecified atom stereocenters. The molecule has 1 N–H and O–H groups in total. The number of rotatable bonds is 6. The van der Waals surface area contributed by atoms with Crippen LogP contribution in [0.4, 0.5) is 0 Å². The van der Waals surface area contributed by atoms with Crippen molar-refractivity contribution in [1.29, 1.82) is 0 Å². The van der Waals surface area contributed by atoms with Crippen molar-refractivity contribution >= 4 is 16.9 Å². The van der Waals surface area contributed by atoms with Gasteiger partial charge in [0.1, 0.15) is 12.3 Å². The molecule has 5 aromatic rings. The highest BCUT2D eigenvalue weighted by atomic mass is 16.7. The van der Waals surface area contributed by atoms with Crippen LogP contribution in [0.25, 0.3) is 22.3 Å². The molecule has 1 aliphatic rings. The molecule has 0 saturated carbocycles. The first kappa shape index (κ1) is 20.9. The first-order valence-electron chi connectivity index (χ1n) is 11.2. The number of hydrogen-bond acceptors (Lipinski definition) is 7. The van der Waals surface area contributed by atoms with Gasteiger partial charge in [-0.25, -0.2) is 9.67 Å². The molecule has 0 radical (unpaired) electrons. The SMILES string of the molecule is CC(NC(=O)c1cc(-c2cccnc2)nc2c1cnn2Cc1ccco1)c1ccc2c(c1)OCO2. The van der Waals surface area contributed by atoms with E-state index in [-0.39, 0.29) is 18.7 Å². The zero-order valence-electron chi connectivity index (χ0n) is 18.8. The maximum Gasteiger partial charge on any atom is 0.252 e. The number of benzene rings is 1. The third kappa shape index (κ3) is 3.97. The monoisotopic (exact) mass is 467 g/mol. The summed E-state index contributed by atoms with van der Waals surface area (Å²) in [6, 6.07) is 14.6. The third-order valence-electron chi connectivity index (χ3n) is 5.94. The van der Waals surface area contributed by atoms with E-state index in [0.29, 0.717) is 40.3 Å². The molecule has 1 aromatic carbocycles. The highest BCUT2D eigenvalue weighted by Crippen LogP contribution is 2.34. The number of amides is 1. The highest BCUT2D eigenvalue weighted by Gasteiger charge is 2.21. The molecule has 0 aliphatic carbocycles. The first-order chi connectivity index (χ1) is 17.2. The maximum atomic E-state index is 13.5. The molecular weight excluding hydrogens is 446 g/mol. The lowest BCUT2D eigenvalue weighted by atomic mass is 10.0. The van der Waals surface area contributed by atoms with Gasteiger partial charge in [0, 0.05) is 18.0 Å². The molecule has 9 nitrogen and oxygen atoms in total. The number of furan rings is 1. The van der Waals surface area contributed by atoms with Gasteiger partial charge in [0.2, 0.25) is 6.79 Å². The number of hydrogen-bond donors (Lipinski definition) is 1. The number of aromatic nitrogens is 4. The van der Waals surface area contributed by atoms with Crippen LogP contribution in [-0.2, 0) is 6.54 Å². The van der Waals surface area contributed by atoms with Crippen molar-refractivity contribution in [3.8, 4) is 22.8 Å². The smallest absolute Gasteiger partial charge is 0.252 e. The molecule has 0 bridgehead atoms. The first-order valence-corrected chi connectivity index (χ1v) is 11.2. The second kappa shape index (κ2) is 8.60. The van der Waals surface area contributed by atoms with Crippen molar-refractivity contribution in [3.05, 3.63) is 90.3 Å². The molecule has 1 aliphatic heterocycles. The van der Waals surface area contributed by atoms with Gasteiger partial charge in [-0.3, -0.25) is 9.78 Å². The number of pyridine rings is 2. The minimum Gasteiger partial charge on any atom is -0.467 e. The number of fused-ring (bicyclic) bond motifs is 2. The predicted molar refractivity (Wildman–Crippen MR) is 127 cm³/mol. The van der Waals surface area contributed by atoms with Crippen LogP contribution in [0.3, 0.4) is 0 Å². The molecule has 1 atom stereocenters. The summed E-state index contributed by atoms with van der Waals surface area (Å²) in [7, 11) is 0. The van der Waals surface area contributed by atoms with Crippen LogP contribution in [0.5, 0.6) is 11.5 Å². The van der Waals surface area contributed by atoms with Gasteiger partial charge in [0.25, 0.3) is 5.91 Å². The number of ether oxygens (including phenoxy) is 2. The van der Waals surface area contributed by atoms with Crippen molar-refractivity contribution < 1.29 is 18.7 Å². The lowest BCUT2D eigenvalue weighted by Crippen LogP contribution is -2.27. The Morgan fingerprint density at radius 1 is 1.11 bits per heavy atom. The van der Waals surface area contributed by atoms with E-state index in [4.69, 9.17) is 18.9 Å². The Kier molecular flexibility index (Phi) is 5.14. The molecular formula is C26H21N5O4. The normalized spacial score (nSPS) is 13.2. The highest BCUT2D eigenvalue weighted by molar-refractivity contribution is 6.06. The number of carbonyl (C=O) groups excluding carboxylic acids is 1. The van der Waals surface area contributed by atoms with E-state index in [1.54, 1.807) is 35.6 Å². The molecule has 174 valence electrons. The average molecular weight is 467 g/mol. The Bertz CT molecular complexity index is 1510. The zero-order chi connectivity index (χ0) is 23.8. The Balaban J connectivity index is 1.37. The van der Waals surface area contributed by atoms with Gasteiger partial charge in [0.05, 0.1) is 35.1 Å². The fraction of sp³-hybridized carbons (Fsp3) is 0.154. The number of nitrogens with zero attached hydrogens (tertiary/aromatic N) is 4. The van der Waals surface area contributed by atoms with E-state index in [0.717, 1.165) is 16.9 Å². The molecule has 0 spiro atoms. The summed E-state index contributed by atoms with van der Waals surface area (Å²) in [5.41, 5.74) is 3.41. The van der Waals surface area contributed by atoms with E-state index < -0.39 is 0 Å². The lowest BCUT2D eigenvalue weighted by Gasteiger charge is -2.16. The second-order valence-electron chi connectivity index (χ2n) is 8.22. The van der Waals surface area contributed by atoms with Crippen LogP contribution in [-0.4, -0.2) is 32.4 Å². The summed E-state index contributed by atoms with van der Waals surface area (Å²) in [5, 5.41) is 8.24. The van der Waals surface area contributed by atoms with E-state index >= 15 is 0 Å². The predicted octanol–water partition coefficient (Wildman–Crippen LogP) is 4.35. The molecule has 5 heterocycles. The van der Waals surface area contributed by atoms with Crippen LogP contribution in [0.15, 0.2) is 77.8 Å². The molecule has 0 fully saturated rings. The maximum absolute atomic E-state index is 13.5. The molecule has 9 heteroatoms. The van der Waals surface area contributed by atoms with Crippen LogP contribution in [0, 0.1) is 0 Å². The van der Waals surface area contributed by atoms with Gasteiger partial charge >= 0.3 is 0 Å². The summed E-state index contributed by atoms with van der Waals surface area (Å²) in [6.45, 7) is 2.53. The van der Waals surface area contributed by atoms with Gasteiger partial charge in [-0.15, -0.1) is 0 Å². The Morgan fingerprint density at radius 2 is 2.03 bits per heavy atom. The summed E-state index contributed by atoms with van der Waals surface area (Å²) in [6.07, 6.45) is 6.70. The minimum absolute atomic E-state index is 0.202. The van der Waals surface area contributed by atoms with Gasteiger partial charge < -0.3 is 19.2 Å². The van der Waals surface area contributed by atoms with E-state index in [1.165, 1.54) is 0 Å². The van der Waals surface area contributed by atoms with Crippen molar-refractivity contribution in [3.63, 3.8) is 0 Å². The number of carbonyl (C=O) groups is 1. The van der Waals surface area contributed by atoms with Crippen LogP contribution < -0.4 is 14.8 Å². The minimum atomic E-state index is -0.264. The summed E-state index contributed by atoms with van der Waals surface area (Å²) < 4.78 is 18.1. The van der Waals surface area contributed by atoms with Gasteiger partial charge in [-0.1, -0.05) is 6.07 Å². The van der Waals surface area contributed by atoms with Gasteiger partial charge in [-0.05, 0) is 55.0 Å². The topological polar surface area (TPSA) is 104 Å². The summed E-state index contributed by atoms with van der Waals surface area (Å²) >= 11 is 0. The quantitative estimate of drug-likeness (QED) is 0.396. The number of nitrogens with one attached hydrogen (secondary N) is 1. The molecule has 0 saturated heterocycles. The van der Waals surface area contributed by atoms with E-state index in [9.17, 15) is 4.79 Å². The van der Waals surface area contributed by atoms with Crippen molar-refractivity contribution in [2.75, 3.05) is 6.79 Å². The summed E-state index contributed by atoms with van der Waals surface area (Å²) in [4.78, 5) is 22.5. The van der Waals surface area contributed by atoms with E-state index in [2.05, 4.69) is 15.4 Å². The Morgan fingerprint density at radius 3 is 2.86 bits per heavy atom. The standard InChI is InChI=1S/C26H21N5O4/c1-16(17-6-7-23-24(10-17)35-15-34-23)29-26(32)20-11-22(18-4-2-8-27-12-18)30-25-21(20)13-28-31(25)14-19-5-3-9-33-19/h2-13,16H,14-15H2,1H3,(H,29,32). The largest absolute Gasteiger partial charge is 0.467 e. The van der Waals surface area contributed by atoms with Crippen LogP contribution >= 0.6 is 0 Å². The second-order valence-corrected chi connectivity index (χ2v) is 8.22. The molecule has 35 heavy (non-hydrogen) atoms. The molecule has 6 rings (SSSR count). The van der Waals surface area contributed by atoms with E-state index in [1.807, 2.05) is 49.4 Å². The Labute approximate surface area is 200 Å². The zero-order valence-corrected chi connectivity index (χ0v) is 18.8. The summed E-state index contributed by atoms with van der Waals surface area (Å²) in [5.74, 6) is 1.89. The van der Waals surface area contributed by atoms with Gasteiger partial charge in [0.15, 0.2) is 17.1 Å². The van der Waals surface area contributed by atoms with Crippen LogP contribution in [0.2, 0.25) is 0 Å². The third-order valence-corrected chi connectivity index (χ3v) is 5.94. The van der Waals surface area contributed by atoms with Crippen molar-refractivity contribution in [1.82, 2.24) is 25.1 Å². The van der Waals surface area contributed by atoms with Crippen molar-refractivity contribution in [2.24, 2.45) is 0 Å². The fourth-order valence-electron chi connectivity index (χ4n) is 4.10.